The molecule has 148 valence electrons. The number of aryl methyl sites for hydroxylation is 1. The fraction of sp³-hybridized carbons (Fsp3) is 0.227. The zero-order chi connectivity index (χ0) is 20.7. The van der Waals surface area contributed by atoms with Gasteiger partial charge in [-0.15, -0.1) is 0 Å². The lowest BCUT2D eigenvalue weighted by atomic mass is 10.2. The van der Waals surface area contributed by atoms with Crippen molar-refractivity contribution in [3.8, 4) is 5.69 Å². The summed E-state index contributed by atoms with van der Waals surface area (Å²) >= 11 is 6.34. The third-order valence-corrected chi connectivity index (χ3v) is 5.41. The van der Waals surface area contributed by atoms with Gasteiger partial charge in [0, 0.05) is 5.02 Å². The number of nitrogens with zero attached hydrogens (tertiary/aromatic N) is 3. The second-order valence-electron chi connectivity index (χ2n) is 7.04. The Balaban J connectivity index is 2.04. The maximum absolute atomic E-state index is 12.9. The highest BCUT2D eigenvalue weighted by Crippen LogP contribution is 2.33. The fourth-order valence-corrected chi connectivity index (χ4v) is 3.34. The van der Waals surface area contributed by atoms with Crippen molar-refractivity contribution in [1.82, 2.24) is 14.5 Å². The van der Waals surface area contributed by atoms with Gasteiger partial charge >= 0.3 is 5.97 Å². The van der Waals surface area contributed by atoms with Crippen molar-refractivity contribution >= 4 is 45.6 Å². The van der Waals surface area contributed by atoms with E-state index in [4.69, 9.17) is 27.1 Å². The minimum atomic E-state index is -0.511. The predicted octanol–water partition coefficient (Wildman–Crippen LogP) is 5.07. The topological polar surface area (TPSA) is 83.0 Å². The highest BCUT2D eigenvalue weighted by molar-refractivity contribution is 6.31. The van der Waals surface area contributed by atoms with Crippen LogP contribution in [0.15, 0.2) is 42.5 Å². The average molecular weight is 409 g/mol. The number of hydrogen-bond acceptors (Lipinski definition) is 5. The summed E-state index contributed by atoms with van der Waals surface area (Å²) in [6, 6.07) is 13.1. The van der Waals surface area contributed by atoms with E-state index in [2.05, 4.69) is 4.98 Å². The summed E-state index contributed by atoms with van der Waals surface area (Å²) in [6.45, 7) is 5.71. The van der Waals surface area contributed by atoms with E-state index in [1.807, 2.05) is 57.2 Å². The quantitative estimate of drug-likeness (QED) is 0.476. The molecule has 0 spiro atoms. The van der Waals surface area contributed by atoms with Gasteiger partial charge in [-0.25, -0.2) is 14.8 Å². The van der Waals surface area contributed by atoms with Gasteiger partial charge in [-0.3, -0.25) is 4.57 Å². The number of benzene rings is 2. The number of anilines is 1. The maximum atomic E-state index is 12.9. The number of rotatable bonds is 4. The second-order valence-corrected chi connectivity index (χ2v) is 7.45. The lowest BCUT2D eigenvalue weighted by molar-refractivity contribution is 0.0338. The highest BCUT2D eigenvalue weighted by Gasteiger charge is 2.27. The highest BCUT2D eigenvalue weighted by atomic mass is 35.5. The number of para-hydroxylation sites is 2. The van der Waals surface area contributed by atoms with Crippen LogP contribution in [0.5, 0.6) is 0 Å². The van der Waals surface area contributed by atoms with E-state index in [1.54, 1.807) is 10.6 Å². The predicted molar refractivity (Wildman–Crippen MR) is 116 cm³/mol. The number of halogens is 1. The normalized spacial score (nSPS) is 12.4. The molecule has 0 saturated heterocycles. The molecule has 4 rings (SSSR count). The standard InChI is InChI=1S/C22H21ClN4O2/c1-4-13(3)29-22(28)18-19-21(26-17-8-6-5-7-16(17)25-19)27(20(18)24)14-10-9-12(2)15(23)11-14/h5-11,13H,4,24H2,1-3H3/t13-/m0/s1. The van der Waals surface area contributed by atoms with Crippen LogP contribution in [0.25, 0.3) is 27.9 Å². The molecule has 1 atom stereocenters. The SMILES string of the molecule is CC[C@H](C)OC(=O)c1c(N)n(-c2ccc(C)c(Cl)c2)c2nc3ccccc3nc12. The minimum Gasteiger partial charge on any atom is -0.459 e. The minimum absolute atomic E-state index is 0.218. The number of aromatic nitrogens is 3. The summed E-state index contributed by atoms with van der Waals surface area (Å²) in [6.07, 6.45) is 0.467. The zero-order valence-corrected chi connectivity index (χ0v) is 17.2. The Morgan fingerprint density at radius 1 is 1.21 bits per heavy atom. The molecule has 7 heteroatoms. The van der Waals surface area contributed by atoms with Crippen LogP contribution in [0.4, 0.5) is 5.82 Å². The number of fused-ring (bicyclic) bond motifs is 2. The Hall–Kier alpha value is -3.12. The van der Waals surface area contributed by atoms with E-state index in [1.165, 1.54) is 0 Å². The van der Waals surface area contributed by atoms with Crippen LogP contribution in [-0.2, 0) is 4.74 Å². The Bertz CT molecular complexity index is 1250. The molecular formula is C22H21ClN4O2. The van der Waals surface area contributed by atoms with E-state index < -0.39 is 5.97 Å². The van der Waals surface area contributed by atoms with E-state index in [0.717, 1.165) is 5.56 Å². The Kier molecular flexibility index (Phi) is 4.88. The second kappa shape index (κ2) is 7.37. The van der Waals surface area contributed by atoms with Crippen LogP contribution in [0.3, 0.4) is 0 Å². The molecule has 0 bridgehead atoms. The molecule has 2 aromatic carbocycles. The fourth-order valence-electron chi connectivity index (χ4n) is 3.17. The van der Waals surface area contributed by atoms with Crippen molar-refractivity contribution in [3.05, 3.63) is 58.6 Å². The van der Waals surface area contributed by atoms with Gasteiger partial charge in [0.05, 0.1) is 22.8 Å². The first-order valence-corrected chi connectivity index (χ1v) is 9.82. The average Bonchev–Trinajstić information content (AvgIpc) is 2.99. The number of hydrogen-bond donors (Lipinski definition) is 1. The van der Waals surface area contributed by atoms with Crippen molar-refractivity contribution < 1.29 is 9.53 Å². The Morgan fingerprint density at radius 2 is 1.90 bits per heavy atom. The van der Waals surface area contributed by atoms with Crippen molar-refractivity contribution in [1.29, 1.82) is 0 Å². The van der Waals surface area contributed by atoms with Gasteiger partial charge in [0.25, 0.3) is 0 Å². The van der Waals surface area contributed by atoms with Crippen LogP contribution in [0, 0.1) is 6.92 Å². The number of ether oxygens (including phenoxy) is 1. The summed E-state index contributed by atoms with van der Waals surface area (Å²) in [5, 5.41) is 0.598. The molecule has 0 unspecified atom stereocenters. The molecule has 4 aromatic rings. The number of esters is 1. The summed E-state index contributed by atoms with van der Waals surface area (Å²) in [5.74, 6) is -0.285. The zero-order valence-electron chi connectivity index (χ0n) is 16.4. The van der Waals surface area contributed by atoms with Crippen LogP contribution >= 0.6 is 11.6 Å². The van der Waals surface area contributed by atoms with Gasteiger partial charge in [0.2, 0.25) is 0 Å². The molecule has 0 radical (unpaired) electrons. The number of carbonyl (C=O) groups excluding carboxylic acids is 1. The van der Waals surface area contributed by atoms with Gasteiger partial charge in [0.1, 0.15) is 16.9 Å². The molecule has 2 aromatic heterocycles. The van der Waals surface area contributed by atoms with Crippen LogP contribution in [0.1, 0.15) is 36.2 Å². The Morgan fingerprint density at radius 3 is 2.55 bits per heavy atom. The van der Waals surface area contributed by atoms with Crippen LogP contribution in [-0.4, -0.2) is 26.6 Å². The third kappa shape index (κ3) is 3.29. The molecule has 0 amide bonds. The van der Waals surface area contributed by atoms with Gasteiger partial charge in [0.15, 0.2) is 5.65 Å². The van der Waals surface area contributed by atoms with Crippen molar-refractivity contribution in [2.24, 2.45) is 0 Å². The first-order valence-electron chi connectivity index (χ1n) is 9.44. The van der Waals surface area contributed by atoms with Gasteiger partial charge in [-0.2, -0.15) is 0 Å². The molecule has 0 aliphatic carbocycles. The summed E-state index contributed by atoms with van der Waals surface area (Å²) in [4.78, 5) is 22.4. The molecule has 29 heavy (non-hydrogen) atoms. The number of nitrogens with two attached hydrogens (primary N) is 1. The molecule has 0 fully saturated rings. The Labute approximate surface area is 173 Å². The van der Waals surface area contributed by atoms with E-state index >= 15 is 0 Å². The van der Waals surface area contributed by atoms with Gasteiger partial charge in [-0.1, -0.05) is 36.7 Å². The molecule has 0 saturated carbocycles. The first kappa shape index (κ1) is 19.2. The smallest absolute Gasteiger partial charge is 0.344 e. The molecular weight excluding hydrogens is 388 g/mol. The number of nitrogen functional groups attached to an aromatic ring is 1. The van der Waals surface area contributed by atoms with E-state index in [0.29, 0.717) is 39.3 Å². The van der Waals surface area contributed by atoms with Gasteiger partial charge in [-0.05, 0) is 50.1 Å². The molecule has 0 aliphatic heterocycles. The van der Waals surface area contributed by atoms with Crippen molar-refractivity contribution in [2.75, 3.05) is 5.73 Å². The summed E-state index contributed by atoms with van der Waals surface area (Å²) < 4.78 is 7.25. The van der Waals surface area contributed by atoms with E-state index in [9.17, 15) is 4.79 Å². The lowest BCUT2D eigenvalue weighted by Gasteiger charge is -2.11. The van der Waals surface area contributed by atoms with Crippen molar-refractivity contribution in [3.63, 3.8) is 0 Å². The summed E-state index contributed by atoms with van der Waals surface area (Å²) in [7, 11) is 0. The third-order valence-electron chi connectivity index (χ3n) is 5.00. The monoisotopic (exact) mass is 408 g/mol. The summed E-state index contributed by atoms with van der Waals surface area (Å²) in [5.41, 5.74) is 10.6. The van der Waals surface area contributed by atoms with Crippen molar-refractivity contribution in [2.45, 2.75) is 33.3 Å². The molecule has 2 heterocycles. The first-order chi connectivity index (χ1) is 13.9. The van der Waals surface area contributed by atoms with Gasteiger partial charge < -0.3 is 10.5 Å². The lowest BCUT2D eigenvalue weighted by Crippen LogP contribution is -2.15. The maximum Gasteiger partial charge on any atom is 0.344 e. The van der Waals surface area contributed by atoms with E-state index in [-0.39, 0.29) is 17.5 Å². The van der Waals surface area contributed by atoms with Crippen LogP contribution in [0.2, 0.25) is 5.02 Å². The molecule has 6 nitrogen and oxygen atoms in total. The van der Waals surface area contributed by atoms with Crippen LogP contribution < -0.4 is 5.73 Å². The number of carbonyl (C=O) groups is 1. The molecule has 2 N–H and O–H groups in total. The largest absolute Gasteiger partial charge is 0.459 e. The molecule has 0 aliphatic rings.